The first kappa shape index (κ1) is 8.34. The molecule has 60 valence electrons. The molecule has 0 bridgehead atoms. The van der Waals surface area contributed by atoms with Crippen molar-refractivity contribution in [2.75, 3.05) is 0 Å². The minimum atomic E-state index is 0.140. The maximum atomic E-state index is 5.67. The Hall–Kier alpha value is -0.760. The highest BCUT2D eigenvalue weighted by Gasteiger charge is 2.12. The molecule has 0 aromatic rings. The van der Waals surface area contributed by atoms with Crippen LogP contribution in [0.25, 0.3) is 0 Å². The van der Waals surface area contributed by atoms with E-state index in [1.54, 1.807) is 6.20 Å². The lowest BCUT2D eigenvalue weighted by atomic mass is 10.0. The molecular formula is C8H11ClN2. The van der Waals surface area contributed by atoms with Crippen molar-refractivity contribution in [3.63, 3.8) is 0 Å². The first-order valence-corrected chi connectivity index (χ1v) is 3.91. The fraction of sp³-hybridized carbons (Fsp3) is 0.375. The molecule has 1 aliphatic rings. The Labute approximate surface area is 71.7 Å². The van der Waals surface area contributed by atoms with E-state index in [1.165, 1.54) is 0 Å². The monoisotopic (exact) mass is 170 g/mol. The van der Waals surface area contributed by atoms with Gasteiger partial charge in [-0.15, -0.1) is 6.58 Å². The number of halogens is 1. The third-order valence-electron chi connectivity index (χ3n) is 1.67. The van der Waals surface area contributed by atoms with Crippen molar-refractivity contribution in [3.05, 3.63) is 24.9 Å². The van der Waals surface area contributed by atoms with E-state index in [0.29, 0.717) is 11.2 Å². The molecule has 11 heavy (non-hydrogen) atoms. The van der Waals surface area contributed by atoms with E-state index >= 15 is 0 Å². The van der Waals surface area contributed by atoms with Crippen LogP contribution in [0, 0.1) is 5.92 Å². The number of hydrogen-bond acceptors (Lipinski definition) is 2. The van der Waals surface area contributed by atoms with Crippen LogP contribution >= 0.6 is 11.6 Å². The molecule has 1 aliphatic heterocycles. The van der Waals surface area contributed by atoms with Gasteiger partial charge in [0.2, 0.25) is 0 Å². The molecule has 1 heterocycles. The van der Waals surface area contributed by atoms with Crippen molar-refractivity contribution in [1.82, 2.24) is 5.32 Å². The van der Waals surface area contributed by atoms with Crippen molar-refractivity contribution < 1.29 is 0 Å². The SMILES string of the molecule is C=CC(C)C1C=CNC(Cl)=N1. The summed E-state index contributed by atoms with van der Waals surface area (Å²) in [5.74, 6) is 0.335. The maximum absolute atomic E-state index is 5.67. The molecule has 0 aromatic carbocycles. The molecule has 0 aromatic heterocycles. The van der Waals surface area contributed by atoms with Crippen LogP contribution in [0.4, 0.5) is 0 Å². The molecule has 0 saturated carbocycles. The van der Waals surface area contributed by atoms with E-state index in [4.69, 9.17) is 11.6 Å². The Balaban J connectivity index is 2.65. The van der Waals surface area contributed by atoms with E-state index in [-0.39, 0.29) is 6.04 Å². The van der Waals surface area contributed by atoms with Crippen LogP contribution < -0.4 is 5.32 Å². The van der Waals surface area contributed by atoms with E-state index in [2.05, 4.69) is 23.8 Å². The van der Waals surface area contributed by atoms with Crippen LogP contribution in [0.1, 0.15) is 6.92 Å². The molecule has 3 heteroatoms. The van der Waals surface area contributed by atoms with Gasteiger partial charge >= 0.3 is 0 Å². The Morgan fingerprint density at radius 3 is 3.18 bits per heavy atom. The van der Waals surface area contributed by atoms with Crippen molar-refractivity contribution >= 4 is 16.9 Å². The van der Waals surface area contributed by atoms with Gasteiger partial charge in [-0.05, 0) is 23.6 Å². The largest absolute Gasteiger partial charge is 0.337 e. The van der Waals surface area contributed by atoms with Gasteiger partial charge in [0.25, 0.3) is 0 Å². The summed E-state index contributed by atoms with van der Waals surface area (Å²) < 4.78 is 0. The van der Waals surface area contributed by atoms with Crippen LogP contribution in [0.5, 0.6) is 0 Å². The Bertz CT molecular complexity index is 208. The van der Waals surface area contributed by atoms with E-state index in [0.717, 1.165) is 0 Å². The predicted octanol–water partition coefficient (Wildman–Crippen LogP) is 1.89. The van der Waals surface area contributed by atoms with Crippen molar-refractivity contribution in [2.45, 2.75) is 13.0 Å². The van der Waals surface area contributed by atoms with Gasteiger partial charge in [-0.1, -0.05) is 13.0 Å². The van der Waals surface area contributed by atoms with Gasteiger partial charge in [-0.3, -0.25) is 0 Å². The first-order valence-electron chi connectivity index (χ1n) is 3.53. The van der Waals surface area contributed by atoms with Gasteiger partial charge in [0.05, 0.1) is 6.04 Å². The average Bonchev–Trinajstić information content (AvgIpc) is 2.03. The predicted molar refractivity (Wildman–Crippen MR) is 48.7 cm³/mol. The lowest BCUT2D eigenvalue weighted by Gasteiger charge is -2.16. The highest BCUT2D eigenvalue weighted by Crippen LogP contribution is 2.12. The van der Waals surface area contributed by atoms with Gasteiger partial charge in [0.1, 0.15) is 0 Å². The third-order valence-corrected chi connectivity index (χ3v) is 1.88. The lowest BCUT2D eigenvalue weighted by molar-refractivity contribution is 0.627. The number of hydrogen-bond donors (Lipinski definition) is 1. The summed E-state index contributed by atoms with van der Waals surface area (Å²) in [7, 11) is 0. The van der Waals surface area contributed by atoms with Crippen LogP contribution in [0.2, 0.25) is 0 Å². The molecule has 0 aliphatic carbocycles. The molecule has 0 amide bonds. The molecule has 0 fully saturated rings. The standard InChI is InChI=1S/C8H11ClN2/c1-3-6(2)7-4-5-10-8(9)11-7/h3-7H,1H2,2H3,(H,10,11). The molecular weight excluding hydrogens is 160 g/mol. The average molecular weight is 171 g/mol. The summed E-state index contributed by atoms with van der Waals surface area (Å²) in [6.07, 6.45) is 5.65. The van der Waals surface area contributed by atoms with Gasteiger partial charge in [-0.2, -0.15) is 0 Å². The van der Waals surface area contributed by atoms with Crippen molar-refractivity contribution in [3.8, 4) is 0 Å². The molecule has 2 nitrogen and oxygen atoms in total. The van der Waals surface area contributed by atoms with Crippen LogP contribution in [-0.4, -0.2) is 11.3 Å². The smallest absolute Gasteiger partial charge is 0.195 e. The molecule has 0 radical (unpaired) electrons. The first-order chi connectivity index (χ1) is 5.24. The fourth-order valence-electron chi connectivity index (χ4n) is 0.859. The van der Waals surface area contributed by atoms with E-state index < -0.39 is 0 Å². The topological polar surface area (TPSA) is 24.4 Å². The van der Waals surface area contributed by atoms with Gasteiger partial charge < -0.3 is 5.32 Å². The summed E-state index contributed by atoms with van der Waals surface area (Å²) in [5.41, 5.74) is 0. The van der Waals surface area contributed by atoms with Crippen molar-refractivity contribution in [2.24, 2.45) is 10.9 Å². The lowest BCUT2D eigenvalue weighted by Crippen LogP contribution is -2.23. The van der Waals surface area contributed by atoms with Crippen LogP contribution in [0.15, 0.2) is 29.9 Å². The number of nitrogens with one attached hydrogen (secondary N) is 1. The molecule has 1 N–H and O–H groups in total. The minimum absolute atomic E-state index is 0.140. The highest BCUT2D eigenvalue weighted by atomic mass is 35.5. The zero-order chi connectivity index (χ0) is 8.27. The number of nitrogens with zero attached hydrogens (tertiary/aromatic N) is 1. The molecule has 0 saturated heterocycles. The third kappa shape index (κ3) is 2.09. The summed E-state index contributed by atoms with van der Waals surface area (Å²) >= 11 is 5.67. The van der Waals surface area contributed by atoms with Crippen LogP contribution in [-0.2, 0) is 0 Å². The second-order valence-electron chi connectivity index (χ2n) is 2.51. The maximum Gasteiger partial charge on any atom is 0.195 e. The molecule has 0 spiro atoms. The van der Waals surface area contributed by atoms with Gasteiger partial charge in [0, 0.05) is 6.20 Å². The van der Waals surface area contributed by atoms with E-state index in [9.17, 15) is 0 Å². The summed E-state index contributed by atoms with van der Waals surface area (Å²) in [6, 6.07) is 0.140. The minimum Gasteiger partial charge on any atom is -0.337 e. The molecule has 2 unspecified atom stereocenters. The quantitative estimate of drug-likeness (QED) is 0.497. The fourth-order valence-corrected chi connectivity index (χ4v) is 1.03. The summed E-state index contributed by atoms with van der Waals surface area (Å²) in [4.78, 5) is 4.17. The Morgan fingerprint density at radius 2 is 2.64 bits per heavy atom. The highest BCUT2D eigenvalue weighted by molar-refractivity contribution is 6.64. The van der Waals surface area contributed by atoms with E-state index in [1.807, 2.05) is 12.2 Å². The van der Waals surface area contributed by atoms with Gasteiger partial charge in [-0.25, -0.2) is 4.99 Å². The number of rotatable bonds is 2. The van der Waals surface area contributed by atoms with Crippen LogP contribution in [0.3, 0.4) is 0 Å². The summed E-state index contributed by atoms with van der Waals surface area (Å²) in [6.45, 7) is 5.75. The summed E-state index contributed by atoms with van der Waals surface area (Å²) in [5, 5.41) is 3.24. The number of aliphatic imine (C=N–C) groups is 1. The van der Waals surface area contributed by atoms with Crippen molar-refractivity contribution in [1.29, 1.82) is 0 Å². The Morgan fingerprint density at radius 1 is 1.91 bits per heavy atom. The zero-order valence-electron chi connectivity index (χ0n) is 6.42. The van der Waals surface area contributed by atoms with Gasteiger partial charge in [0.15, 0.2) is 5.29 Å². The number of amidine groups is 1. The second-order valence-corrected chi connectivity index (χ2v) is 2.87. The normalized spacial score (nSPS) is 25.3. The second kappa shape index (κ2) is 3.58. The zero-order valence-corrected chi connectivity index (χ0v) is 7.17. The Kier molecular flexibility index (Phi) is 2.71. The molecule has 2 atom stereocenters. The molecule has 1 rings (SSSR count).